The standard InChI is InChI=1S/C16H13N3O4/c1-11(20)18-16(12-6-3-2-4-7-12)23-15(17-18)13-8-5-9-14(10-13)19(21)22/h2-10,16H,1H3/t16-/m1/s1. The normalized spacial score (nSPS) is 16.7. The van der Waals surface area contributed by atoms with E-state index in [1.807, 2.05) is 30.3 Å². The number of amides is 1. The molecule has 1 amide bonds. The van der Waals surface area contributed by atoms with E-state index in [1.54, 1.807) is 12.1 Å². The minimum absolute atomic E-state index is 0.0636. The number of carbonyl (C=O) groups excluding carboxylic acids is 1. The topological polar surface area (TPSA) is 85.0 Å². The van der Waals surface area contributed by atoms with Gasteiger partial charge in [0.25, 0.3) is 5.69 Å². The van der Waals surface area contributed by atoms with Gasteiger partial charge in [-0.3, -0.25) is 14.9 Å². The second-order valence-corrected chi connectivity index (χ2v) is 4.96. The fourth-order valence-electron chi connectivity index (χ4n) is 2.27. The highest BCUT2D eigenvalue weighted by Gasteiger charge is 2.33. The number of nitro benzene ring substituents is 1. The molecule has 7 heteroatoms. The second-order valence-electron chi connectivity index (χ2n) is 4.96. The second kappa shape index (κ2) is 5.88. The number of hydrogen-bond acceptors (Lipinski definition) is 5. The Kier molecular flexibility index (Phi) is 3.76. The highest BCUT2D eigenvalue weighted by atomic mass is 16.6. The molecule has 23 heavy (non-hydrogen) atoms. The lowest BCUT2D eigenvalue weighted by Gasteiger charge is -2.19. The third-order valence-electron chi connectivity index (χ3n) is 3.36. The molecular weight excluding hydrogens is 298 g/mol. The Labute approximate surface area is 131 Å². The number of nitro groups is 1. The van der Waals surface area contributed by atoms with E-state index in [2.05, 4.69) is 5.10 Å². The number of ether oxygens (including phenoxy) is 1. The molecule has 2 aromatic carbocycles. The number of nitrogens with zero attached hydrogens (tertiary/aromatic N) is 3. The summed E-state index contributed by atoms with van der Waals surface area (Å²) in [5.74, 6) is -0.1000. The van der Waals surface area contributed by atoms with E-state index in [9.17, 15) is 14.9 Å². The van der Waals surface area contributed by atoms with Crippen LogP contribution in [0.4, 0.5) is 5.69 Å². The van der Waals surface area contributed by atoms with Gasteiger partial charge >= 0.3 is 0 Å². The highest BCUT2D eigenvalue weighted by molar-refractivity contribution is 5.96. The monoisotopic (exact) mass is 311 g/mol. The van der Waals surface area contributed by atoms with E-state index in [0.717, 1.165) is 5.56 Å². The first-order valence-electron chi connectivity index (χ1n) is 6.91. The van der Waals surface area contributed by atoms with Crippen LogP contribution in [-0.4, -0.2) is 21.7 Å². The Morgan fingerprint density at radius 3 is 2.61 bits per heavy atom. The fourth-order valence-corrected chi connectivity index (χ4v) is 2.27. The molecule has 3 rings (SSSR count). The molecule has 0 N–H and O–H groups in total. The van der Waals surface area contributed by atoms with Crippen molar-refractivity contribution in [2.45, 2.75) is 13.2 Å². The molecule has 116 valence electrons. The molecule has 0 radical (unpaired) electrons. The lowest BCUT2D eigenvalue weighted by atomic mass is 10.2. The summed E-state index contributed by atoms with van der Waals surface area (Å²) < 4.78 is 5.77. The maximum atomic E-state index is 11.8. The number of non-ortho nitro benzene ring substituents is 1. The van der Waals surface area contributed by atoms with Crippen molar-refractivity contribution in [1.82, 2.24) is 5.01 Å². The Morgan fingerprint density at radius 1 is 1.22 bits per heavy atom. The van der Waals surface area contributed by atoms with Crippen molar-refractivity contribution in [1.29, 1.82) is 0 Å². The average Bonchev–Trinajstić information content (AvgIpc) is 3.01. The highest BCUT2D eigenvalue weighted by Crippen LogP contribution is 2.30. The zero-order valence-electron chi connectivity index (χ0n) is 12.2. The van der Waals surface area contributed by atoms with E-state index in [-0.39, 0.29) is 17.5 Å². The predicted octanol–water partition coefficient (Wildman–Crippen LogP) is 2.83. The summed E-state index contributed by atoms with van der Waals surface area (Å²) in [7, 11) is 0. The van der Waals surface area contributed by atoms with Gasteiger partial charge in [-0.25, -0.2) is 0 Å². The third kappa shape index (κ3) is 2.89. The van der Waals surface area contributed by atoms with E-state index in [4.69, 9.17) is 4.74 Å². The molecule has 0 fully saturated rings. The maximum absolute atomic E-state index is 11.8. The molecular formula is C16H13N3O4. The van der Waals surface area contributed by atoms with Gasteiger partial charge < -0.3 is 4.74 Å². The number of benzene rings is 2. The molecule has 1 aliphatic rings. The van der Waals surface area contributed by atoms with Gasteiger partial charge in [0.05, 0.1) is 4.92 Å². The first-order chi connectivity index (χ1) is 11.1. The first kappa shape index (κ1) is 14.7. The van der Waals surface area contributed by atoms with Gasteiger partial charge in [0.1, 0.15) is 0 Å². The number of hydrazone groups is 1. The molecule has 1 aliphatic heterocycles. The number of rotatable bonds is 3. The van der Waals surface area contributed by atoms with Gasteiger partial charge in [0, 0.05) is 30.2 Å². The van der Waals surface area contributed by atoms with Crippen LogP contribution < -0.4 is 0 Å². The van der Waals surface area contributed by atoms with Crippen LogP contribution in [0.1, 0.15) is 24.3 Å². The predicted molar refractivity (Wildman–Crippen MR) is 82.4 cm³/mol. The summed E-state index contributed by atoms with van der Waals surface area (Å²) in [5.41, 5.74) is 1.15. The SMILES string of the molecule is CC(=O)N1N=C(c2cccc([N+](=O)[O-])c2)O[C@@H]1c1ccccc1. The molecule has 0 bridgehead atoms. The minimum Gasteiger partial charge on any atom is -0.446 e. The van der Waals surface area contributed by atoms with Crippen molar-refractivity contribution in [3.63, 3.8) is 0 Å². The van der Waals surface area contributed by atoms with Crippen LogP contribution in [0, 0.1) is 10.1 Å². The summed E-state index contributed by atoms with van der Waals surface area (Å²) in [6.07, 6.45) is -0.678. The van der Waals surface area contributed by atoms with E-state index < -0.39 is 11.2 Å². The molecule has 0 spiro atoms. The summed E-state index contributed by atoms with van der Waals surface area (Å²) in [6.45, 7) is 1.39. The zero-order chi connectivity index (χ0) is 16.4. The molecule has 0 saturated heterocycles. The summed E-state index contributed by atoms with van der Waals surface area (Å²) in [4.78, 5) is 22.2. The molecule has 0 saturated carbocycles. The third-order valence-corrected chi connectivity index (χ3v) is 3.36. The Bertz CT molecular complexity index is 789. The van der Waals surface area contributed by atoms with Crippen LogP contribution in [0.15, 0.2) is 59.7 Å². The van der Waals surface area contributed by atoms with Crippen molar-refractivity contribution < 1.29 is 14.5 Å². The Hall–Kier alpha value is -3.22. The van der Waals surface area contributed by atoms with Crippen LogP contribution in [0.25, 0.3) is 0 Å². The largest absolute Gasteiger partial charge is 0.446 e. The Morgan fingerprint density at radius 2 is 1.96 bits per heavy atom. The van der Waals surface area contributed by atoms with Crippen LogP contribution >= 0.6 is 0 Å². The quantitative estimate of drug-likeness (QED) is 0.644. The van der Waals surface area contributed by atoms with Gasteiger partial charge in [-0.2, -0.15) is 5.01 Å². The lowest BCUT2D eigenvalue weighted by molar-refractivity contribution is -0.384. The molecule has 0 unspecified atom stereocenters. The number of hydrogen-bond donors (Lipinski definition) is 0. The van der Waals surface area contributed by atoms with Crippen molar-refractivity contribution in [3.05, 3.63) is 75.8 Å². The smallest absolute Gasteiger partial charge is 0.270 e. The van der Waals surface area contributed by atoms with E-state index in [1.165, 1.54) is 24.1 Å². The van der Waals surface area contributed by atoms with Gasteiger partial charge in [-0.1, -0.05) is 36.4 Å². The fraction of sp³-hybridized carbons (Fsp3) is 0.125. The maximum Gasteiger partial charge on any atom is 0.270 e. The molecule has 0 aliphatic carbocycles. The zero-order valence-corrected chi connectivity index (χ0v) is 12.2. The van der Waals surface area contributed by atoms with Gasteiger partial charge in [-0.05, 0) is 6.07 Å². The lowest BCUT2D eigenvalue weighted by Crippen LogP contribution is -2.25. The van der Waals surface area contributed by atoms with Crippen LogP contribution in [-0.2, 0) is 9.53 Å². The van der Waals surface area contributed by atoms with Crippen molar-refractivity contribution in [2.24, 2.45) is 5.10 Å². The Balaban J connectivity index is 1.96. The molecule has 2 aromatic rings. The molecule has 1 heterocycles. The van der Waals surface area contributed by atoms with E-state index >= 15 is 0 Å². The number of carbonyl (C=O) groups is 1. The van der Waals surface area contributed by atoms with Crippen LogP contribution in [0.3, 0.4) is 0 Å². The van der Waals surface area contributed by atoms with Crippen LogP contribution in [0.2, 0.25) is 0 Å². The van der Waals surface area contributed by atoms with Crippen molar-refractivity contribution >= 4 is 17.5 Å². The molecule has 7 nitrogen and oxygen atoms in total. The molecule has 0 aromatic heterocycles. The van der Waals surface area contributed by atoms with Crippen molar-refractivity contribution in [2.75, 3.05) is 0 Å². The summed E-state index contributed by atoms with van der Waals surface area (Å²) in [5, 5.41) is 16.3. The van der Waals surface area contributed by atoms with Gasteiger partial charge in [0.15, 0.2) is 0 Å². The van der Waals surface area contributed by atoms with Gasteiger partial charge in [0.2, 0.25) is 18.0 Å². The average molecular weight is 311 g/mol. The summed E-state index contributed by atoms with van der Waals surface area (Å²) in [6, 6.07) is 15.1. The van der Waals surface area contributed by atoms with Crippen LogP contribution in [0.5, 0.6) is 0 Å². The summed E-state index contributed by atoms with van der Waals surface area (Å²) >= 11 is 0. The first-order valence-corrected chi connectivity index (χ1v) is 6.91. The minimum atomic E-state index is -0.678. The molecule has 1 atom stereocenters. The van der Waals surface area contributed by atoms with Crippen molar-refractivity contribution in [3.8, 4) is 0 Å². The van der Waals surface area contributed by atoms with E-state index in [0.29, 0.717) is 5.56 Å². The van der Waals surface area contributed by atoms with Gasteiger partial charge in [-0.15, -0.1) is 5.10 Å².